The molecule has 0 amide bonds. The van der Waals surface area contributed by atoms with Gasteiger partial charge in [0.25, 0.3) is 0 Å². The lowest BCUT2D eigenvalue weighted by atomic mass is 10.3. The predicted molar refractivity (Wildman–Crippen MR) is 93.1 cm³/mol. The Kier molecular flexibility index (Phi) is 7.99. The van der Waals surface area contributed by atoms with Crippen LogP contribution < -0.4 is 10.6 Å². The van der Waals surface area contributed by atoms with Crippen molar-refractivity contribution in [2.24, 2.45) is 4.99 Å². The number of nitrogens with one attached hydrogen (secondary N) is 2. The molecule has 2 rings (SSSR count). The van der Waals surface area contributed by atoms with Crippen LogP contribution in [0.25, 0.3) is 5.65 Å². The number of aliphatic imine (C=N–C) groups is 1. The number of unbranched alkanes of at least 4 members (excludes halogenated alkanes) is 1. The maximum Gasteiger partial charge on any atom is 0.191 e. The van der Waals surface area contributed by atoms with Gasteiger partial charge in [-0.1, -0.05) is 6.07 Å². The molecule has 8 heteroatoms. The number of methoxy groups -OCH3 is 1. The molecule has 2 heterocycles. The zero-order chi connectivity index (χ0) is 17.0. The largest absolute Gasteiger partial charge is 0.382 e. The summed E-state index contributed by atoms with van der Waals surface area (Å²) in [7, 11) is 3.43. The minimum absolute atomic E-state index is 0.560. The molecule has 0 aliphatic carbocycles. The summed E-state index contributed by atoms with van der Waals surface area (Å²) < 4.78 is 12.3. The van der Waals surface area contributed by atoms with Crippen LogP contribution in [0.4, 0.5) is 0 Å². The van der Waals surface area contributed by atoms with Gasteiger partial charge in [-0.15, -0.1) is 10.2 Å². The van der Waals surface area contributed by atoms with Crippen LogP contribution in [0.5, 0.6) is 0 Å². The summed E-state index contributed by atoms with van der Waals surface area (Å²) in [5.74, 6) is 1.60. The summed E-state index contributed by atoms with van der Waals surface area (Å²) in [5.41, 5.74) is 0.839. The van der Waals surface area contributed by atoms with Crippen LogP contribution in [0.3, 0.4) is 0 Å². The molecule has 132 valence electrons. The monoisotopic (exact) mass is 334 g/mol. The Bertz CT molecular complexity index is 628. The first-order valence-corrected chi connectivity index (χ1v) is 8.15. The summed E-state index contributed by atoms with van der Waals surface area (Å²) >= 11 is 0. The van der Waals surface area contributed by atoms with E-state index < -0.39 is 0 Å². The van der Waals surface area contributed by atoms with Crippen LogP contribution in [0, 0.1) is 0 Å². The third-order valence-electron chi connectivity index (χ3n) is 3.46. The summed E-state index contributed by atoms with van der Waals surface area (Å²) in [5, 5.41) is 14.9. The van der Waals surface area contributed by atoms with E-state index in [1.807, 2.05) is 28.8 Å². The van der Waals surface area contributed by atoms with Gasteiger partial charge in [0.2, 0.25) is 0 Å². The van der Waals surface area contributed by atoms with Gasteiger partial charge in [0, 0.05) is 33.5 Å². The summed E-state index contributed by atoms with van der Waals surface area (Å²) in [6, 6.07) is 5.83. The fraction of sp³-hybridized carbons (Fsp3) is 0.562. The van der Waals surface area contributed by atoms with E-state index in [1.54, 1.807) is 14.2 Å². The van der Waals surface area contributed by atoms with Gasteiger partial charge in [-0.05, 0) is 25.0 Å². The number of guanidine groups is 1. The molecule has 0 bridgehead atoms. The third kappa shape index (κ3) is 5.78. The Balaban J connectivity index is 1.64. The van der Waals surface area contributed by atoms with Gasteiger partial charge in [-0.25, -0.2) is 0 Å². The number of pyridine rings is 1. The molecule has 0 fully saturated rings. The van der Waals surface area contributed by atoms with Crippen LogP contribution in [0.15, 0.2) is 29.4 Å². The quantitative estimate of drug-likeness (QED) is 0.380. The number of nitrogens with zero attached hydrogens (tertiary/aromatic N) is 4. The van der Waals surface area contributed by atoms with Crippen LogP contribution in [0.1, 0.15) is 18.7 Å². The Morgan fingerprint density at radius 3 is 2.92 bits per heavy atom. The van der Waals surface area contributed by atoms with Gasteiger partial charge < -0.3 is 20.1 Å². The number of aromatic nitrogens is 3. The average Bonchev–Trinajstić information content (AvgIpc) is 3.03. The molecule has 24 heavy (non-hydrogen) atoms. The Hall–Kier alpha value is -2.19. The highest BCUT2D eigenvalue weighted by atomic mass is 16.5. The molecule has 0 spiro atoms. The first kappa shape index (κ1) is 18.2. The van der Waals surface area contributed by atoms with E-state index in [-0.39, 0.29) is 0 Å². The Morgan fingerprint density at radius 1 is 1.17 bits per heavy atom. The fourth-order valence-corrected chi connectivity index (χ4v) is 2.18. The lowest BCUT2D eigenvalue weighted by Gasteiger charge is -2.11. The minimum atomic E-state index is 0.560. The average molecular weight is 334 g/mol. The van der Waals surface area contributed by atoms with E-state index >= 15 is 0 Å². The molecular weight excluding hydrogens is 308 g/mol. The molecule has 2 aromatic rings. The molecule has 2 aromatic heterocycles. The first-order chi connectivity index (χ1) is 11.8. The van der Waals surface area contributed by atoms with Crippen molar-refractivity contribution in [3.05, 3.63) is 30.2 Å². The summed E-state index contributed by atoms with van der Waals surface area (Å²) in [6.07, 6.45) is 3.97. The maximum atomic E-state index is 5.43. The van der Waals surface area contributed by atoms with E-state index in [0.29, 0.717) is 19.8 Å². The molecule has 0 saturated heterocycles. The predicted octanol–water partition coefficient (Wildman–Crippen LogP) is 0.838. The molecule has 2 N–H and O–H groups in total. The van der Waals surface area contributed by atoms with Crippen molar-refractivity contribution in [3.63, 3.8) is 0 Å². The van der Waals surface area contributed by atoms with Gasteiger partial charge in [-0.3, -0.25) is 9.39 Å². The van der Waals surface area contributed by atoms with E-state index in [9.17, 15) is 0 Å². The van der Waals surface area contributed by atoms with E-state index in [2.05, 4.69) is 25.8 Å². The van der Waals surface area contributed by atoms with Gasteiger partial charge in [0.15, 0.2) is 17.4 Å². The van der Waals surface area contributed by atoms with Gasteiger partial charge in [0.05, 0.1) is 19.8 Å². The third-order valence-corrected chi connectivity index (χ3v) is 3.46. The van der Waals surface area contributed by atoms with Gasteiger partial charge in [0.1, 0.15) is 0 Å². The molecule has 0 atom stereocenters. The Morgan fingerprint density at radius 2 is 2.08 bits per heavy atom. The number of hydrogen-bond acceptors (Lipinski definition) is 5. The molecule has 0 aromatic carbocycles. The summed E-state index contributed by atoms with van der Waals surface area (Å²) in [6.45, 7) is 3.45. The number of rotatable bonds is 10. The molecule has 8 nitrogen and oxygen atoms in total. The molecule has 0 unspecified atom stereocenters. The SMILES string of the molecule is CN=C(NCCCCOCCOC)NCc1nnc2ccccn12. The molecule has 0 radical (unpaired) electrons. The number of ether oxygens (including phenoxy) is 2. The van der Waals surface area contributed by atoms with Crippen molar-refractivity contribution in [3.8, 4) is 0 Å². The van der Waals surface area contributed by atoms with Crippen molar-refractivity contribution in [1.29, 1.82) is 0 Å². The normalized spacial score (nSPS) is 11.8. The molecule has 0 saturated carbocycles. The zero-order valence-electron chi connectivity index (χ0n) is 14.4. The molecular formula is C16H26N6O2. The topological polar surface area (TPSA) is 85.1 Å². The van der Waals surface area contributed by atoms with Gasteiger partial charge >= 0.3 is 0 Å². The second-order valence-electron chi connectivity index (χ2n) is 5.21. The van der Waals surface area contributed by atoms with E-state index in [1.165, 1.54) is 0 Å². The van der Waals surface area contributed by atoms with Crippen LogP contribution in [-0.4, -0.2) is 61.1 Å². The minimum Gasteiger partial charge on any atom is -0.382 e. The lowest BCUT2D eigenvalue weighted by molar-refractivity contribution is 0.0689. The fourth-order valence-electron chi connectivity index (χ4n) is 2.18. The van der Waals surface area contributed by atoms with Crippen molar-refractivity contribution in [1.82, 2.24) is 25.2 Å². The van der Waals surface area contributed by atoms with E-state index in [0.717, 1.165) is 43.4 Å². The second kappa shape index (κ2) is 10.6. The van der Waals surface area contributed by atoms with Crippen LogP contribution in [0.2, 0.25) is 0 Å². The smallest absolute Gasteiger partial charge is 0.191 e. The highest BCUT2D eigenvalue weighted by Crippen LogP contribution is 2.02. The van der Waals surface area contributed by atoms with Crippen molar-refractivity contribution < 1.29 is 9.47 Å². The zero-order valence-corrected chi connectivity index (χ0v) is 14.4. The Labute approximate surface area is 142 Å². The van der Waals surface area contributed by atoms with Crippen molar-refractivity contribution in [2.75, 3.05) is 40.5 Å². The highest BCUT2D eigenvalue weighted by Gasteiger charge is 2.05. The van der Waals surface area contributed by atoms with E-state index in [4.69, 9.17) is 9.47 Å². The lowest BCUT2D eigenvalue weighted by Crippen LogP contribution is -2.37. The number of fused-ring (bicyclic) bond motifs is 1. The highest BCUT2D eigenvalue weighted by molar-refractivity contribution is 5.79. The number of hydrogen-bond donors (Lipinski definition) is 2. The van der Waals surface area contributed by atoms with Crippen LogP contribution in [-0.2, 0) is 16.0 Å². The standard InChI is InChI=1S/C16H26N6O2/c1-17-16(18-8-4-6-10-24-12-11-23-2)19-13-15-21-20-14-7-3-5-9-22(14)15/h3,5,7,9H,4,6,8,10-13H2,1-2H3,(H2,17,18,19). The molecule has 0 aliphatic rings. The van der Waals surface area contributed by atoms with Gasteiger partial charge in [-0.2, -0.15) is 0 Å². The first-order valence-electron chi connectivity index (χ1n) is 8.15. The van der Waals surface area contributed by atoms with Crippen molar-refractivity contribution in [2.45, 2.75) is 19.4 Å². The summed E-state index contributed by atoms with van der Waals surface area (Å²) in [4.78, 5) is 4.22. The maximum absolute atomic E-state index is 5.43. The molecule has 0 aliphatic heterocycles. The van der Waals surface area contributed by atoms with Crippen LogP contribution >= 0.6 is 0 Å². The van der Waals surface area contributed by atoms with Crippen molar-refractivity contribution >= 4 is 11.6 Å². The second-order valence-corrected chi connectivity index (χ2v) is 5.21.